The first kappa shape index (κ1) is 9.90. The minimum absolute atomic E-state index is 0.352. The van der Waals surface area contributed by atoms with Gasteiger partial charge in [-0.05, 0) is 13.1 Å². The molecule has 1 aromatic heterocycles. The van der Waals surface area contributed by atoms with E-state index in [0.717, 1.165) is 25.2 Å². The molecule has 0 bridgehead atoms. The van der Waals surface area contributed by atoms with Crippen LogP contribution in [0, 0.1) is 0 Å². The number of hydrogen-bond donors (Lipinski definition) is 1. The molecule has 76 valence electrons. The van der Waals surface area contributed by atoms with E-state index in [9.17, 15) is 0 Å². The van der Waals surface area contributed by atoms with E-state index in [4.69, 9.17) is 11.6 Å². The number of aromatic nitrogens is 1. The van der Waals surface area contributed by atoms with E-state index in [1.54, 1.807) is 6.20 Å². The minimum Gasteiger partial charge on any atom is -0.314 e. The summed E-state index contributed by atoms with van der Waals surface area (Å²) in [6, 6.07) is 4.33. The second-order valence-corrected chi connectivity index (χ2v) is 3.94. The summed E-state index contributed by atoms with van der Waals surface area (Å²) in [5, 5.41) is 3.98. The number of pyridine rings is 1. The Kier molecular flexibility index (Phi) is 3.01. The predicted molar refractivity (Wildman–Crippen MR) is 57.5 cm³/mol. The molecule has 4 heteroatoms. The number of rotatable bonds is 1. The largest absolute Gasteiger partial charge is 0.314 e. The van der Waals surface area contributed by atoms with Gasteiger partial charge in [0.2, 0.25) is 0 Å². The van der Waals surface area contributed by atoms with Gasteiger partial charge in [0.05, 0.1) is 6.04 Å². The lowest BCUT2D eigenvalue weighted by atomic mass is 10.1. The first-order chi connectivity index (χ1) is 6.79. The molecule has 1 fully saturated rings. The first-order valence-electron chi connectivity index (χ1n) is 4.80. The second-order valence-electron chi connectivity index (χ2n) is 3.58. The number of hydrogen-bond acceptors (Lipinski definition) is 3. The maximum atomic E-state index is 6.06. The molecule has 1 aliphatic heterocycles. The molecule has 2 heterocycles. The van der Waals surface area contributed by atoms with Crippen molar-refractivity contribution in [2.75, 3.05) is 26.7 Å². The van der Waals surface area contributed by atoms with Crippen molar-refractivity contribution in [3.05, 3.63) is 29.0 Å². The molecule has 0 aromatic carbocycles. The molecular weight excluding hydrogens is 198 g/mol. The summed E-state index contributed by atoms with van der Waals surface area (Å²) in [6.07, 6.45) is 1.72. The Labute approximate surface area is 89.1 Å². The number of likely N-dealkylation sites (N-methyl/N-ethyl adjacent to an activating group) is 1. The van der Waals surface area contributed by atoms with Crippen LogP contribution < -0.4 is 5.32 Å². The van der Waals surface area contributed by atoms with Gasteiger partial charge in [-0.3, -0.25) is 4.90 Å². The third-order valence-corrected chi connectivity index (χ3v) is 2.97. The van der Waals surface area contributed by atoms with Crippen molar-refractivity contribution in [2.45, 2.75) is 6.04 Å². The van der Waals surface area contributed by atoms with Crippen LogP contribution in [-0.4, -0.2) is 36.6 Å². The maximum absolute atomic E-state index is 6.06. The lowest BCUT2D eigenvalue weighted by Crippen LogP contribution is -2.43. The average Bonchev–Trinajstić information content (AvgIpc) is 2.20. The molecule has 0 spiro atoms. The van der Waals surface area contributed by atoms with Gasteiger partial charge in [0.25, 0.3) is 0 Å². The zero-order valence-electron chi connectivity index (χ0n) is 8.20. The van der Waals surface area contributed by atoms with Crippen LogP contribution in [-0.2, 0) is 0 Å². The molecule has 1 saturated heterocycles. The third-order valence-electron chi connectivity index (χ3n) is 2.66. The lowest BCUT2D eigenvalue weighted by molar-refractivity contribution is 0.202. The number of nitrogens with zero attached hydrogens (tertiary/aromatic N) is 2. The second kappa shape index (κ2) is 4.26. The minimum atomic E-state index is 0.352. The predicted octanol–water partition coefficient (Wildman–Crippen LogP) is 1.31. The molecule has 0 aliphatic carbocycles. The SMILES string of the molecule is CN1CCNCC1c1cccnc1Cl. The van der Waals surface area contributed by atoms with E-state index in [0.29, 0.717) is 11.2 Å². The monoisotopic (exact) mass is 211 g/mol. The van der Waals surface area contributed by atoms with Gasteiger partial charge >= 0.3 is 0 Å². The van der Waals surface area contributed by atoms with Crippen LogP contribution in [0.1, 0.15) is 11.6 Å². The Bertz CT molecular complexity index is 316. The first-order valence-corrected chi connectivity index (χ1v) is 5.18. The van der Waals surface area contributed by atoms with E-state index >= 15 is 0 Å². The highest BCUT2D eigenvalue weighted by Crippen LogP contribution is 2.25. The molecule has 1 atom stereocenters. The van der Waals surface area contributed by atoms with Crippen molar-refractivity contribution < 1.29 is 0 Å². The summed E-state index contributed by atoms with van der Waals surface area (Å²) >= 11 is 6.06. The van der Waals surface area contributed by atoms with Gasteiger partial charge in [-0.2, -0.15) is 0 Å². The van der Waals surface area contributed by atoms with Gasteiger partial charge in [0.1, 0.15) is 5.15 Å². The molecule has 0 amide bonds. The maximum Gasteiger partial charge on any atom is 0.133 e. The summed E-state index contributed by atoms with van der Waals surface area (Å²) in [7, 11) is 2.12. The Morgan fingerprint density at radius 1 is 1.64 bits per heavy atom. The molecule has 0 radical (unpaired) electrons. The standard InChI is InChI=1S/C10H14ClN3/c1-14-6-5-12-7-9(14)8-3-2-4-13-10(8)11/h2-4,9,12H,5-7H2,1H3. The zero-order chi connectivity index (χ0) is 9.97. The summed E-state index contributed by atoms with van der Waals surface area (Å²) in [6.45, 7) is 3.04. The summed E-state index contributed by atoms with van der Waals surface area (Å²) in [5.41, 5.74) is 1.11. The van der Waals surface area contributed by atoms with Gasteiger partial charge in [-0.25, -0.2) is 4.98 Å². The Hall–Kier alpha value is -0.640. The van der Waals surface area contributed by atoms with Gasteiger partial charge in [-0.1, -0.05) is 17.7 Å². The van der Waals surface area contributed by atoms with E-state index < -0.39 is 0 Å². The lowest BCUT2D eigenvalue weighted by Gasteiger charge is -2.33. The molecule has 1 N–H and O–H groups in total. The van der Waals surface area contributed by atoms with Crippen molar-refractivity contribution >= 4 is 11.6 Å². The van der Waals surface area contributed by atoms with Crippen LogP contribution in [0.4, 0.5) is 0 Å². The Morgan fingerprint density at radius 3 is 3.21 bits per heavy atom. The Balaban J connectivity index is 2.25. The molecule has 14 heavy (non-hydrogen) atoms. The van der Waals surface area contributed by atoms with Crippen LogP contribution in [0.5, 0.6) is 0 Å². The number of nitrogens with one attached hydrogen (secondary N) is 1. The Morgan fingerprint density at radius 2 is 2.50 bits per heavy atom. The van der Waals surface area contributed by atoms with Crippen LogP contribution in [0.25, 0.3) is 0 Å². The normalized spacial score (nSPS) is 23.7. The van der Waals surface area contributed by atoms with Crippen LogP contribution in [0.3, 0.4) is 0 Å². The third kappa shape index (κ3) is 1.90. The van der Waals surface area contributed by atoms with Gasteiger partial charge in [0, 0.05) is 31.4 Å². The highest BCUT2D eigenvalue weighted by molar-refractivity contribution is 6.30. The molecular formula is C10H14ClN3. The zero-order valence-corrected chi connectivity index (χ0v) is 8.96. The average molecular weight is 212 g/mol. The highest BCUT2D eigenvalue weighted by atomic mass is 35.5. The van der Waals surface area contributed by atoms with Crippen molar-refractivity contribution in [1.82, 2.24) is 15.2 Å². The fraction of sp³-hybridized carbons (Fsp3) is 0.500. The van der Waals surface area contributed by atoms with Crippen molar-refractivity contribution in [3.63, 3.8) is 0 Å². The summed E-state index contributed by atoms with van der Waals surface area (Å²) in [4.78, 5) is 6.40. The quantitative estimate of drug-likeness (QED) is 0.711. The van der Waals surface area contributed by atoms with E-state index in [-0.39, 0.29) is 0 Å². The van der Waals surface area contributed by atoms with Crippen LogP contribution in [0.15, 0.2) is 18.3 Å². The van der Waals surface area contributed by atoms with Gasteiger partial charge < -0.3 is 5.32 Å². The van der Waals surface area contributed by atoms with Gasteiger partial charge in [0.15, 0.2) is 0 Å². The van der Waals surface area contributed by atoms with Crippen molar-refractivity contribution in [1.29, 1.82) is 0 Å². The molecule has 2 rings (SSSR count). The number of halogens is 1. The smallest absolute Gasteiger partial charge is 0.133 e. The fourth-order valence-electron chi connectivity index (χ4n) is 1.80. The molecule has 1 aromatic rings. The number of piperazine rings is 1. The van der Waals surface area contributed by atoms with Gasteiger partial charge in [-0.15, -0.1) is 0 Å². The summed E-state index contributed by atoms with van der Waals surface area (Å²) in [5.74, 6) is 0. The molecule has 1 unspecified atom stereocenters. The van der Waals surface area contributed by atoms with Crippen LogP contribution >= 0.6 is 11.6 Å². The van der Waals surface area contributed by atoms with Crippen molar-refractivity contribution in [2.24, 2.45) is 0 Å². The van der Waals surface area contributed by atoms with E-state index in [2.05, 4.69) is 22.2 Å². The van der Waals surface area contributed by atoms with Crippen LogP contribution in [0.2, 0.25) is 5.15 Å². The topological polar surface area (TPSA) is 28.2 Å². The summed E-state index contributed by atoms with van der Waals surface area (Å²) < 4.78 is 0. The van der Waals surface area contributed by atoms with Crippen molar-refractivity contribution in [3.8, 4) is 0 Å². The molecule has 1 aliphatic rings. The molecule has 3 nitrogen and oxygen atoms in total. The highest BCUT2D eigenvalue weighted by Gasteiger charge is 2.22. The van der Waals surface area contributed by atoms with E-state index in [1.807, 2.05) is 12.1 Å². The molecule has 0 saturated carbocycles. The van der Waals surface area contributed by atoms with E-state index in [1.165, 1.54) is 0 Å². The fourth-order valence-corrected chi connectivity index (χ4v) is 2.05.